The van der Waals surface area contributed by atoms with E-state index in [4.69, 9.17) is 5.73 Å². The molecule has 4 aliphatic carbocycles. The molecule has 3 unspecified atom stereocenters. The fraction of sp³-hybridized carbons (Fsp3) is 0.636. The summed E-state index contributed by atoms with van der Waals surface area (Å²) < 4.78 is 13.5. The lowest BCUT2D eigenvalue weighted by Gasteiger charge is -2.58. The van der Waals surface area contributed by atoms with Gasteiger partial charge in [0.05, 0.1) is 0 Å². The van der Waals surface area contributed by atoms with E-state index in [1.54, 1.807) is 23.9 Å². The normalized spacial score (nSPS) is 38.3. The number of amides is 2. The number of nitrogens with one attached hydrogen (secondary N) is 1. The maximum atomic E-state index is 13.5. The summed E-state index contributed by atoms with van der Waals surface area (Å²) in [5, 5.41) is 3.12. The number of hydrogen-bond acceptors (Lipinski definition) is 4. The monoisotopic (exact) mass is 417 g/mol. The van der Waals surface area contributed by atoms with Gasteiger partial charge in [0, 0.05) is 30.3 Å². The highest BCUT2D eigenvalue weighted by molar-refractivity contribution is 8.00. The minimum absolute atomic E-state index is 0.0644. The molecule has 3 N–H and O–H groups in total. The van der Waals surface area contributed by atoms with Gasteiger partial charge < -0.3 is 11.1 Å². The standard InChI is InChI=1S/C22H28FN3O2S/c23-17-3-1-2-13(8-17)12-26-4-5-29-20(26)19(27)25-18-15-6-14-7-16(18)11-22(9-14,10-15)21(24)28/h1-3,8,14-16,18,20H,4-7,9-12H2,(H2,24,28)(H,25,27). The van der Waals surface area contributed by atoms with Gasteiger partial charge in [0.1, 0.15) is 11.2 Å². The lowest BCUT2D eigenvalue weighted by molar-refractivity contribution is -0.147. The second kappa shape index (κ2) is 7.27. The van der Waals surface area contributed by atoms with Crippen LogP contribution in [0.5, 0.6) is 0 Å². The van der Waals surface area contributed by atoms with Crippen LogP contribution in [0.4, 0.5) is 4.39 Å². The molecule has 2 amide bonds. The molecular formula is C22H28FN3O2S. The van der Waals surface area contributed by atoms with Gasteiger partial charge in [0.25, 0.3) is 0 Å². The molecule has 4 saturated carbocycles. The van der Waals surface area contributed by atoms with Crippen molar-refractivity contribution in [1.82, 2.24) is 10.2 Å². The molecule has 0 spiro atoms. The van der Waals surface area contributed by atoms with E-state index in [1.807, 2.05) is 6.07 Å². The van der Waals surface area contributed by atoms with Crippen molar-refractivity contribution in [3.8, 4) is 0 Å². The molecule has 1 aliphatic heterocycles. The molecule has 4 bridgehead atoms. The van der Waals surface area contributed by atoms with Crippen LogP contribution in [0.15, 0.2) is 24.3 Å². The summed E-state index contributed by atoms with van der Waals surface area (Å²) in [5.74, 6) is 1.88. The molecule has 3 atom stereocenters. The predicted molar refractivity (Wildman–Crippen MR) is 110 cm³/mol. The van der Waals surface area contributed by atoms with E-state index in [9.17, 15) is 14.0 Å². The summed E-state index contributed by atoms with van der Waals surface area (Å²) in [6, 6.07) is 6.76. The number of nitrogens with zero attached hydrogens (tertiary/aromatic N) is 1. The molecule has 0 radical (unpaired) electrons. The Hall–Kier alpha value is -1.60. The Bertz CT molecular complexity index is 818. The van der Waals surface area contributed by atoms with Crippen LogP contribution in [-0.2, 0) is 16.1 Å². The second-order valence-corrected chi connectivity index (χ2v) is 10.7. The summed E-state index contributed by atoms with van der Waals surface area (Å²) in [4.78, 5) is 27.4. The highest BCUT2D eigenvalue weighted by Crippen LogP contribution is 2.59. The van der Waals surface area contributed by atoms with Crippen molar-refractivity contribution in [3.63, 3.8) is 0 Å². The molecule has 0 aromatic heterocycles. The maximum absolute atomic E-state index is 13.5. The van der Waals surface area contributed by atoms with Gasteiger partial charge in [-0.1, -0.05) is 12.1 Å². The number of halogens is 1. The Balaban J connectivity index is 1.26. The quantitative estimate of drug-likeness (QED) is 0.772. The van der Waals surface area contributed by atoms with Crippen LogP contribution in [0.25, 0.3) is 0 Å². The van der Waals surface area contributed by atoms with Crippen LogP contribution in [-0.4, -0.2) is 40.4 Å². The summed E-state index contributed by atoms with van der Waals surface area (Å²) in [6.45, 7) is 1.40. The number of nitrogens with two attached hydrogens (primary N) is 1. The highest BCUT2D eigenvalue weighted by atomic mass is 32.2. The van der Waals surface area contributed by atoms with Crippen molar-refractivity contribution in [1.29, 1.82) is 0 Å². The molecule has 6 rings (SSSR count). The number of hydrogen-bond donors (Lipinski definition) is 2. The zero-order valence-corrected chi connectivity index (χ0v) is 17.3. The first-order valence-electron chi connectivity index (χ1n) is 10.6. The second-order valence-electron chi connectivity index (χ2n) is 9.47. The van der Waals surface area contributed by atoms with Gasteiger partial charge in [0.15, 0.2) is 0 Å². The highest BCUT2D eigenvalue weighted by Gasteiger charge is 2.58. The lowest BCUT2D eigenvalue weighted by Crippen LogP contribution is -2.63. The topological polar surface area (TPSA) is 75.4 Å². The average molecular weight is 418 g/mol. The molecule has 7 heteroatoms. The van der Waals surface area contributed by atoms with Gasteiger partial charge in [0.2, 0.25) is 11.8 Å². The van der Waals surface area contributed by atoms with E-state index in [-0.39, 0.29) is 34.5 Å². The molecule has 5 fully saturated rings. The van der Waals surface area contributed by atoms with Crippen LogP contribution in [0.1, 0.15) is 37.7 Å². The van der Waals surface area contributed by atoms with Crippen molar-refractivity contribution >= 4 is 23.6 Å². The molecular weight excluding hydrogens is 389 g/mol. The predicted octanol–water partition coefficient (Wildman–Crippen LogP) is 2.50. The zero-order chi connectivity index (χ0) is 20.2. The molecule has 1 aromatic carbocycles. The Morgan fingerprint density at radius 1 is 1.24 bits per heavy atom. The Labute approximate surface area is 175 Å². The molecule has 1 heterocycles. The van der Waals surface area contributed by atoms with Gasteiger partial charge in [-0.2, -0.15) is 0 Å². The third-order valence-electron chi connectivity index (χ3n) is 7.59. The SMILES string of the molecule is NC(=O)C12CC3CC(C1)C(NC(=O)C1SCCN1Cc1cccc(F)c1)C(C3)C2. The minimum Gasteiger partial charge on any atom is -0.369 e. The number of rotatable bonds is 5. The smallest absolute Gasteiger partial charge is 0.247 e. The Morgan fingerprint density at radius 2 is 2.00 bits per heavy atom. The summed E-state index contributed by atoms with van der Waals surface area (Å²) in [5.41, 5.74) is 6.34. The van der Waals surface area contributed by atoms with Crippen molar-refractivity contribution < 1.29 is 14.0 Å². The van der Waals surface area contributed by atoms with Gasteiger partial charge in [-0.25, -0.2) is 4.39 Å². The van der Waals surface area contributed by atoms with E-state index < -0.39 is 0 Å². The van der Waals surface area contributed by atoms with Gasteiger partial charge in [-0.3, -0.25) is 14.5 Å². The average Bonchev–Trinajstić information content (AvgIpc) is 3.12. The zero-order valence-electron chi connectivity index (χ0n) is 16.5. The van der Waals surface area contributed by atoms with Crippen LogP contribution in [0.3, 0.4) is 0 Å². The third-order valence-corrected chi connectivity index (χ3v) is 8.84. The van der Waals surface area contributed by atoms with Gasteiger partial charge in [-0.05, 0) is 67.6 Å². The van der Waals surface area contributed by atoms with Gasteiger partial charge >= 0.3 is 0 Å². The maximum Gasteiger partial charge on any atom is 0.247 e. The Kier molecular flexibility index (Phi) is 4.86. The van der Waals surface area contributed by atoms with E-state index in [0.717, 1.165) is 50.0 Å². The van der Waals surface area contributed by atoms with E-state index >= 15 is 0 Å². The van der Waals surface area contributed by atoms with Crippen LogP contribution < -0.4 is 11.1 Å². The molecule has 29 heavy (non-hydrogen) atoms. The summed E-state index contributed by atoms with van der Waals surface area (Å²) in [7, 11) is 0. The first kappa shape index (κ1) is 19.4. The lowest BCUT2D eigenvalue weighted by atomic mass is 9.47. The fourth-order valence-electron chi connectivity index (χ4n) is 6.57. The molecule has 156 valence electrons. The van der Waals surface area contributed by atoms with E-state index in [2.05, 4.69) is 10.2 Å². The molecule has 5 nitrogen and oxygen atoms in total. The number of carbonyl (C=O) groups is 2. The van der Waals surface area contributed by atoms with Crippen molar-refractivity contribution in [2.75, 3.05) is 12.3 Å². The number of primary amides is 1. The van der Waals surface area contributed by atoms with Crippen molar-refractivity contribution in [2.24, 2.45) is 28.9 Å². The first-order chi connectivity index (χ1) is 13.9. The van der Waals surface area contributed by atoms with E-state index in [0.29, 0.717) is 24.3 Å². The van der Waals surface area contributed by atoms with Crippen LogP contribution >= 0.6 is 11.8 Å². The molecule has 5 aliphatic rings. The summed E-state index contributed by atoms with van der Waals surface area (Å²) in [6.07, 6.45) is 4.79. The third kappa shape index (κ3) is 3.46. The van der Waals surface area contributed by atoms with Crippen LogP contribution in [0.2, 0.25) is 0 Å². The van der Waals surface area contributed by atoms with E-state index in [1.165, 1.54) is 6.07 Å². The van der Waals surface area contributed by atoms with Gasteiger partial charge in [-0.15, -0.1) is 11.8 Å². The summed E-state index contributed by atoms with van der Waals surface area (Å²) >= 11 is 1.66. The fourth-order valence-corrected chi connectivity index (χ4v) is 7.75. The number of thioether (sulfide) groups is 1. The van der Waals surface area contributed by atoms with Crippen molar-refractivity contribution in [3.05, 3.63) is 35.6 Å². The first-order valence-corrected chi connectivity index (χ1v) is 11.7. The Morgan fingerprint density at radius 3 is 2.69 bits per heavy atom. The number of carbonyl (C=O) groups excluding carboxylic acids is 2. The molecule has 1 saturated heterocycles. The largest absolute Gasteiger partial charge is 0.369 e. The minimum atomic E-state index is -0.330. The number of benzene rings is 1. The van der Waals surface area contributed by atoms with Crippen LogP contribution in [0, 0.1) is 29.0 Å². The molecule has 1 aromatic rings. The van der Waals surface area contributed by atoms with Crippen molar-refractivity contribution in [2.45, 2.75) is 50.1 Å².